The van der Waals surface area contributed by atoms with E-state index in [0.717, 1.165) is 19.3 Å². The molecule has 0 aliphatic heterocycles. The zero-order valence-electron chi connectivity index (χ0n) is 15.2. The molecule has 1 atom stereocenters. The Labute approximate surface area is 144 Å². The van der Waals surface area contributed by atoms with E-state index in [-0.39, 0.29) is 18.6 Å². The zero-order valence-corrected chi connectivity index (χ0v) is 15.2. The molecule has 0 bridgehead atoms. The highest BCUT2D eigenvalue weighted by Gasteiger charge is 2.26. The van der Waals surface area contributed by atoms with Crippen LogP contribution in [0.15, 0.2) is 24.3 Å². The number of carbonyl (C=O) groups excluding carboxylic acids is 2. The summed E-state index contributed by atoms with van der Waals surface area (Å²) in [4.78, 5) is 26.3. The summed E-state index contributed by atoms with van der Waals surface area (Å²) >= 11 is 0. The molecule has 0 unspecified atom stereocenters. The van der Waals surface area contributed by atoms with Crippen LogP contribution in [0.5, 0.6) is 0 Å². The van der Waals surface area contributed by atoms with Gasteiger partial charge < -0.3 is 14.4 Å². The van der Waals surface area contributed by atoms with Gasteiger partial charge in [0.05, 0.1) is 18.4 Å². The van der Waals surface area contributed by atoms with Gasteiger partial charge in [-0.1, -0.05) is 44.7 Å². The molecule has 1 aromatic carbocycles. The Morgan fingerprint density at radius 2 is 1.83 bits per heavy atom. The van der Waals surface area contributed by atoms with Gasteiger partial charge in [-0.2, -0.15) is 0 Å². The Hall–Kier alpha value is -1.88. The molecule has 0 fully saturated rings. The highest BCUT2D eigenvalue weighted by molar-refractivity contribution is 6.03. The van der Waals surface area contributed by atoms with Gasteiger partial charge in [-0.3, -0.25) is 4.79 Å². The van der Waals surface area contributed by atoms with Crippen molar-refractivity contribution in [2.45, 2.75) is 52.0 Å². The summed E-state index contributed by atoms with van der Waals surface area (Å²) in [6.07, 6.45) is 5.44. The van der Waals surface area contributed by atoms with E-state index in [1.807, 2.05) is 13.0 Å². The number of para-hydroxylation sites is 1. The lowest BCUT2D eigenvalue weighted by Gasteiger charge is -2.30. The van der Waals surface area contributed by atoms with E-state index < -0.39 is 5.97 Å². The summed E-state index contributed by atoms with van der Waals surface area (Å²) in [7, 11) is 2.84. The highest BCUT2D eigenvalue weighted by atomic mass is 16.5. The molecule has 0 radical (unpaired) electrons. The maximum atomic E-state index is 12.6. The smallest absolute Gasteiger partial charge is 0.339 e. The molecule has 1 aromatic rings. The second kappa shape index (κ2) is 10.8. The molecule has 1 rings (SSSR count). The van der Waals surface area contributed by atoms with Gasteiger partial charge in [0.25, 0.3) is 5.91 Å². The summed E-state index contributed by atoms with van der Waals surface area (Å²) in [6.45, 7) is 4.16. The molecule has 24 heavy (non-hydrogen) atoms. The van der Waals surface area contributed by atoms with Gasteiger partial charge in [0.15, 0.2) is 0 Å². The fourth-order valence-electron chi connectivity index (χ4n) is 2.77. The minimum Gasteiger partial charge on any atom is -0.465 e. The molecule has 0 spiro atoms. The Bertz CT molecular complexity index is 530. The fourth-order valence-corrected chi connectivity index (χ4v) is 2.77. The number of carbonyl (C=O) groups is 2. The largest absolute Gasteiger partial charge is 0.465 e. The number of anilines is 1. The Morgan fingerprint density at radius 3 is 2.46 bits per heavy atom. The molecule has 5 heteroatoms. The van der Waals surface area contributed by atoms with Gasteiger partial charge in [-0.15, -0.1) is 0 Å². The van der Waals surface area contributed by atoms with Gasteiger partial charge in [0, 0.05) is 13.2 Å². The third kappa shape index (κ3) is 5.64. The van der Waals surface area contributed by atoms with E-state index in [0.29, 0.717) is 11.3 Å². The molecule has 134 valence electrons. The summed E-state index contributed by atoms with van der Waals surface area (Å²) in [5.74, 6) is -0.601. The van der Waals surface area contributed by atoms with Crippen LogP contribution >= 0.6 is 0 Å². The summed E-state index contributed by atoms with van der Waals surface area (Å²) in [5, 5.41) is 0. The molecular weight excluding hydrogens is 306 g/mol. The van der Waals surface area contributed by atoms with Crippen molar-refractivity contribution in [3.8, 4) is 0 Å². The van der Waals surface area contributed by atoms with Crippen molar-refractivity contribution in [2.24, 2.45) is 0 Å². The van der Waals surface area contributed by atoms with E-state index in [1.54, 1.807) is 23.1 Å². The second-order valence-electron chi connectivity index (χ2n) is 5.90. The van der Waals surface area contributed by atoms with Crippen LogP contribution < -0.4 is 4.90 Å². The summed E-state index contributed by atoms with van der Waals surface area (Å²) in [6, 6.07) is 7.02. The minimum absolute atomic E-state index is 0.0182. The van der Waals surface area contributed by atoms with Gasteiger partial charge >= 0.3 is 5.97 Å². The predicted octanol–water partition coefficient (Wildman–Crippen LogP) is 3.81. The van der Waals surface area contributed by atoms with Crippen LogP contribution in [0.3, 0.4) is 0 Å². The average Bonchev–Trinajstić information content (AvgIpc) is 2.59. The van der Waals surface area contributed by atoms with E-state index in [9.17, 15) is 9.59 Å². The number of amides is 1. The molecule has 0 aliphatic rings. The van der Waals surface area contributed by atoms with Crippen molar-refractivity contribution < 1.29 is 19.1 Å². The Balaban J connectivity index is 3.06. The standard InChI is InChI=1S/C19H29NO4/c1-5-6-7-8-11-15(2)20(18(21)14-23-3)17-13-10-9-12-16(17)19(22)24-4/h9-10,12-13,15H,5-8,11,14H2,1-4H3/t15-/m0/s1. The normalized spacial score (nSPS) is 11.8. The van der Waals surface area contributed by atoms with Crippen molar-refractivity contribution >= 4 is 17.6 Å². The minimum atomic E-state index is -0.445. The first-order chi connectivity index (χ1) is 11.6. The highest BCUT2D eigenvalue weighted by Crippen LogP contribution is 2.25. The van der Waals surface area contributed by atoms with Crippen LogP contribution in [-0.4, -0.2) is 38.7 Å². The summed E-state index contributed by atoms with van der Waals surface area (Å²) < 4.78 is 9.87. The molecular formula is C19H29NO4. The van der Waals surface area contributed by atoms with E-state index in [1.165, 1.54) is 27.1 Å². The molecule has 0 heterocycles. The van der Waals surface area contributed by atoms with Crippen LogP contribution in [0, 0.1) is 0 Å². The van der Waals surface area contributed by atoms with Gasteiger partial charge in [0.1, 0.15) is 6.61 Å². The fraction of sp³-hybridized carbons (Fsp3) is 0.579. The van der Waals surface area contributed by atoms with Crippen molar-refractivity contribution in [2.75, 3.05) is 25.7 Å². The molecule has 1 amide bonds. The van der Waals surface area contributed by atoms with E-state index in [2.05, 4.69) is 6.92 Å². The van der Waals surface area contributed by atoms with Crippen LogP contribution in [0.25, 0.3) is 0 Å². The number of unbranched alkanes of at least 4 members (excludes halogenated alkanes) is 3. The van der Waals surface area contributed by atoms with E-state index >= 15 is 0 Å². The third-order valence-corrected chi connectivity index (χ3v) is 4.02. The second-order valence-corrected chi connectivity index (χ2v) is 5.90. The molecule has 0 saturated heterocycles. The maximum absolute atomic E-state index is 12.6. The molecule has 0 aromatic heterocycles. The SMILES string of the molecule is CCCCCC[C@H](C)N(C(=O)COC)c1ccccc1C(=O)OC. The predicted molar refractivity (Wildman–Crippen MR) is 95.4 cm³/mol. The number of hydrogen-bond acceptors (Lipinski definition) is 4. The number of hydrogen-bond donors (Lipinski definition) is 0. The van der Waals surface area contributed by atoms with Crippen LogP contribution in [0.1, 0.15) is 56.3 Å². The van der Waals surface area contributed by atoms with Crippen molar-refractivity contribution in [1.29, 1.82) is 0 Å². The quantitative estimate of drug-likeness (QED) is 0.482. The average molecular weight is 335 g/mol. The van der Waals surface area contributed by atoms with Gasteiger partial charge in [-0.25, -0.2) is 4.79 Å². The number of rotatable bonds is 10. The molecule has 0 saturated carbocycles. The number of methoxy groups -OCH3 is 2. The number of benzene rings is 1. The van der Waals surface area contributed by atoms with Gasteiger partial charge in [-0.05, 0) is 25.5 Å². The molecule has 0 N–H and O–H groups in total. The number of esters is 1. The molecule has 5 nitrogen and oxygen atoms in total. The monoisotopic (exact) mass is 335 g/mol. The lowest BCUT2D eigenvalue weighted by atomic mass is 10.0. The lowest BCUT2D eigenvalue weighted by Crippen LogP contribution is -2.41. The topological polar surface area (TPSA) is 55.8 Å². The summed E-state index contributed by atoms with van der Waals surface area (Å²) in [5.41, 5.74) is 0.972. The van der Waals surface area contributed by atoms with Crippen LogP contribution in [0.2, 0.25) is 0 Å². The Kier molecular flexibility index (Phi) is 9.08. The van der Waals surface area contributed by atoms with Crippen molar-refractivity contribution in [3.63, 3.8) is 0 Å². The first-order valence-electron chi connectivity index (χ1n) is 8.55. The first-order valence-corrected chi connectivity index (χ1v) is 8.55. The van der Waals surface area contributed by atoms with Crippen molar-refractivity contribution in [3.05, 3.63) is 29.8 Å². The lowest BCUT2D eigenvalue weighted by molar-refractivity contribution is -0.122. The van der Waals surface area contributed by atoms with Crippen LogP contribution in [-0.2, 0) is 14.3 Å². The first kappa shape index (κ1) is 20.2. The van der Waals surface area contributed by atoms with Crippen molar-refractivity contribution in [1.82, 2.24) is 0 Å². The van der Waals surface area contributed by atoms with Crippen LogP contribution in [0.4, 0.5) is 5.69 Å². The number of nitrogens with zero attached hydrogens (tertiary/aromatic N) is 1. The Morgan fingerprint density at radius 1 is 1.12 bits per heavy atom. The maximum Gasteiger partial charge on any atom is 0.339 e. The number of ether oxygens (including phenoxy) is 2. The third-order valence-electron chi connectivity index (χ3n) is 4.02. The zero-order chi connectivity index (χ0) is 17.9. The van der Waals surface area contributed by atoms with E-state index in [4.69, 9.17) is 9.47 Å². The molecule has 0 aliphatic carbocycles. The van der Waals surface area contributed by atoms with Gasteiger partial charge in [0.2, 0.25) is 0 Å².